The molecule has 12 heteroatoms. The third-order valence-electron chi connectivity index (χ3n) is 4.19. The van der Waals surface area contributed by atoms with E-state index >= 15 is 0 Å². The van der Waals surface area contributed by atoms with Crippen LogP contribution < -0.4 is 10.9 Å². The lowest BCUT2D eigenvalue weighted by Gasteiger charge is -2.06. The number of fused-ring (bicyclic) bond motifs is 1. The molecule has 4 rings (SSSR count). The molecule has 0 saturated heterocycles. The molecule has 2 N–H and O–H groups in total. The predicted molar refractivity (Wildman–Crippen MR) is 112 cm³/mol. The van der Waals surface area contributed by atoms with E-state index in [1.807, 2.05) is 30.3 Å². The van der Waals surface area contributed by atoms with Gasteiger partial charge in [0.05, 0.1) is 28.6 Å². The lowest BCUT2D eigenvalue weighted by molar-refractivity contribution is -0.384. The number of para-hydroxylation sites is 1. The van der Waals surface area contributed by atoms with Crippen molar-refractivity contribution in [2.24, 2.45) is 0 Å². The third-order valence-corrected chi connectivity index (χ3v) is 5.06. The number of carbonyl (C=O) groups is 1. The average Bonchev–Trinajstić information content (AvgIpc) is 3.18. The van der Waals surface area contributed by atoms with Gasteiger partial charge in [-0.05, 0) is 24.3 Å². The number of nitro groups is 1. The molecule has 156 valence electrons. The van der Waals surface area contributed by atoms with E-state index in [1.165, 1.54) is 10.9 Å². The molecule has 2 aromatic heterocycles. The van der Waals surface area contributed by atoms with Crippen molar-refractivity contribution < 1.29 is 14.1 Å². The highest BCUT2D eigenvalue weighted by Gasteiger charge is 2.18. The van der Waals surface area contributed by atoms with E-state index in [9.17, 15) is 24.1 Å². The quantitative estimate of drug-likeness (QED) is 0.204. The second-order valence-corrected chi connectivity index (χ2v) is 7.22. The zero-order valence-corrected chi connectivity index (χ0v) is 16.4. The van der Waals surface area contributed by atoms with E-state index in [-0.39, 0.29) is 16.6 Å². The molecular formula is C19H13FN6O4S. The van der Waals surface area contributed by atoms with Crippen LogP contribution in [0.1, 0.15) is 0 Å². The molecule has 0 fully saturated rings. The Labute approximate surface area is 177 Å². The van der Waals surface area contributed by atoms with Crippen molar-refractivity contribution in [3.63, 3.8) is 0 Å². The molecule has 0 bridgehead atoms. The fraction of sp³-hybridized carbons (Fsp3) is 0.0526. The van der Waals surface area contributed by atoms with Crippen LogP contribution in [0.3, 0.4) is 0 Å². The van der Waals surface area contributed by atoms with Gasteiger partial charge >= 0.3 is 0 Å². The number of halogens is 1. The van der Waals surface area contributed by atoms with Gasteiger partial charge in [-0.25, -0.2) is 14.1 Å². The molecule has 0 radical (unpaired) electrons. The summed E-state index contributed by atoms with van der Waals surface area (Å²) >= 11 is 0.938. The molecule has 0 unspecified atom stereocenters. The molecule has 4 aromatic rings. The van der Waals surface area contributed by atoms with E-state index in [0.29, 0.717) is 16.7 Å². The highest BCUT2D eigenvalue weighted by atomic mass is 32.2. The van der Waals surface area contributed by atoms with Crippen molar-refractivity contribution >= 4 is 40.1 Å². The van der Waals surface area contributed by atoms with Gasteiger partial charge in [0, 0.05) is 0 Å². The van der Waals surface area contributed by atoms with E-state index in [2.05, 4.69) is 20.4 Å². The molecule has 2 heterocycles. The first kappa shape index (κ1) is 20.2. The number of rotatable bonds is 6. The second kappa shape index (κ2) is 8.36. The van der Waals surface area contributed by atoms with Gasteiger partial charge in [-0.1, -0.05) is 30.0 Å². The first-order valence-corrected chi connectivity index (χ1v) is 9.81. The van der Waals surface area contributed by atoms with Gasteiger partial charge in [-0.3, -0.25) is 19.7 Å². The Morgan fingerprint density at radius 1 is 1.26 bits per heavy atom. The molecule has 31 heavy (non-hydrogen) atoms. The van der Waals surface area contributed by atoms with Crippen molar-refractivity contribution in [2.45, 2.75) is 5.16 Å². The zero-order valence-electron chi connectivity index (χ0n) is 15.6. The first-order valence-electron chi connectivity index (χ1n) is 8.82. The van der Waals surface area contributed by atoms with E-state index < -0.39 is 27.9 Å². The first-order chi connectivity index (χ1) is 14.9. The topological polar surface area (TPSA) is 136 Å². The summed E-state index contributed by atoms with van der Waals surface area (Å²) < 4.78 is 14.7. The lowest BCUT2D eigenvalue weighted by Crippen LogP contribution is -2.16. The summed E-state index contributed by atoms with van der Waals surface area (Å²) in [6.45, 7) is 0. The maximum absolute atomic E-state index is 13.2. The SMILES string of the molecule is O=C(CSc1nc2c(cnn2-c2ccccc2)c(=O)[nH]1)Nc1ccc(F)cc1[N+](=O)[O-]. The summed E-state index contributed by atoms with van der Waals surface area (Å²) in [5.41, 5.74) is -0.0571. The number of nitrogens with one attached hydrogen (secondary N) is 2. The van der Waals surface area contributed by atoms with Gasteiger partial charge in [-0.2, -0.15) is 5.10 Å². The van der Waals surface area contributed by atoms with Crippen molar-refractivity contribution in [1.29, 1.82) is 0 Å². The summed E-state index contributed by atoms with van der Waals surface area (Å²) in [5.74, 6) is -1.56. The number of amides is 1. The number of hydrogen-bond acceptors (Lipinski definition) is 7. The summed E-state index contributed by atoms with van der Waals surface area (Å²) in [6.07, 6.45) is 1.41. The average molecular weight is 440 g/mol. The minimum Gasteiger partial charge on any atom is -0.320 e. The molecule has 2 aromatic carbocycles. The molecule has 0 saturated carbocycles. The Bertz CT molecular complexity index is 1350. The van der Waals surface area contributed by atoms with Crippen LogP contribution in [0.5, 0.6) is 0 Å². The third kappa shape index (κ3) is 4.28. The standard InChI is InChI=1S/C19H13FN6O4S/c20-11-6-7-14(15(8-11)26(29)30)22-16(27)10-31-19-23-17-13(18(28)24-19)9-21-25(17)12-4-2-1-3-5-12/h1-9H,10H2,(H,22,27)(H,23,24,28). The Hall–Kier alpha value is -4.06. The summed E-state index contributed by atoms with van der Waals surface area (Å²) in [6, 6.07) is 12.0. The number of anilines is 1. The van der Waals surface area contributed by atoms with Crippen LogP contribution in [0, 0.1) is 15.9 Å². The zero-order chi connectivity index (χ0) is 22.0. The van der Waals surface area contributed by atoms with E-state index in [0.717, 1.165) is 30.0 Å². The van der Waals surface area contributed by atoms with Crippen LogP contribution >= 0.6 is 11.8 Å². The normalized spacial score (nSPS) is 10.9. The van der Waals surface area contributed by atoms with Crippen LogP contribution in [0.2, 0.25) is 0 Å². The maximum atomic E-state index is 13.2. The highest BCUT2D eigenvalue weighted by Crippen LogP contribution is 2.25. The Morgan fingerprint density at radius 3 is 2.77 bits per heavy atom. The summed E-state index contributed by atoms with van der Waals surface area (Å²) in [5, 5.41) is 18.1. The van der Waals surface area contributed by atoms with Crippen molar-refractivity contribution in [3.05, 3.63) is 81.0 Å². The van der Waals surface area contributed by atoms with Crippen LogP contribution in [0.25, 0.3) is 16.7 Å². The number of benzene rings is 2. The lowest BCUT2D eigenvalue weighted by atomic mass is 10.2. The molecule has 0 atom stereocenters. The highest BCUT2D eigenvalue weighted by molar-refractivity contribution is 7.99. The van der Waals surface area contributed by atoms with Crippen LogP contribution in [0.4, 0.5) is 15.8 Å². The Kier molecular flexibility index (Phi) is 5.45. The van der Waals surface area contributed by atoms with Crippen LogP contribution in [-0.2, 0) is 4.79 Å². The number of thioether (sulfide) groups is 1. The number of aromatic amines is 1. The maximum Gasteiger partial charge on any atom is 0.295 e. The van der Waals surface area contributed by atoms with Gasteiger partial charge in [0.25, 0.3) is 11.2 Å². The minimum absolute atomic E-state index is 0.129. The summed E-state index contributed by atoms with van der Waals surface area (Å²) in [4.78, 5) is 41.8. The number of hydrogen-bond donors (Lipinski definition) is 2. The molecule has 0 aliphatic heterocycles. The number of H-pyrrole nitrogens is 1. The smallest absolute Gasteiger partial charge is 0.295 e. The fourth-order valence-electron chi connectivity index (χ4n) is 2.81. The molecule has 10 nitrogen and oxygen atoms in total. The molecule has 0 spiro atoms. The Morgan fingerprint density at radius 2 is 2.03 bits per heavy atom. The van der Waals surface area contributed by atoms with Gasteiger partial charge in [0.1, 0.15) is 16.9 Å². The van der Waals surface area contributed by atoms with E-state index in [4.69, 9.17) is 0 Å². The number of nitrogens with zero attached hydrogens (tertiary/aromatic N) is 4. The van der Waals surface area contributed by atoms with Gasteiger partial charge in [0.15, 0.2) is 10.8 Å². The number of aromatic nitrogens is 4. The van der Waals surface area contributed by atoms with Gasteiger partial charge in [-0.15, -0.1) is 0 Å². The molecule has 0 aliphatic carbocycles. The molecular weight excluding hydrogens is 427 g/mol. The summed E-state index contributed by atoms with van der Waals surface area (Å²) in [7, 11) is 0. The minimum atomic E-state index is -0.788. The van der Waals surface area contributed by atoms with Crippen molar-refractivity contribution in [2.75, 3.05) is 11.1 Å². The number of nitro benzene ring substituents is 1. The van der Waals surface area contributed by atoms with Crippen LogP contribution in [-0.4, -0.2) is 36.3 Å². The molecule has 0 aliphatic rings. The largest absolute Gasteiger partial charge is 0.320 e. The van der Waals surface area contributed by atoms with E-state index in [1.54, 1.807) is 0 Å². The van der Waals surface area contributed by atoms with Gasteiger partial charge in [0.2, 0.25) is 5.91 Å². The van der Waals surface area contributed by atoms with Gasteiger partial charge < -0.3 is 10.3 Å². The van der Waals surface area contributed by atoms with Crippen molar-refractivity contribution in [1.82, 2.24) is 19.7 Å². The van der Waals surface area contributed by atoms with Crippen LogP contribution in [0.15, 0.2) is 64.7 Å². The predicted octanol–water partition coefficient (Wildman–Crippen LogP) is 2.89. The molecule has 1 amide bonds. The Balaban J connectivity index is 1.54. The fourth-order valence-corrected chi connectivity index (χ4v) is 3.46. The van der Waals surface area contributed by atoms with Crippen molar-refractivity contribution in [3.8, 4) is 5.69 Å². The second-order valence-electron chi connectivity index (χ2n) is 6.26. The number of carbonyl (C=O) groups excluding carboxylic acids is 1. The monoisotopic (exact) mass is 440 g/mol.